The van der Waals surface area contributed by atoms with E-state index < -0.39 is 5.97 Å². The van der Waals surface area contributed by atoms with Crippen LogP contribution in [0.5, 0.6) is 0 Å². The highest BCUT2D eigenvalue weighted by Crippen LogP contribution is 2.21. The van der Waals surface area contributed by atoms with Gasteiger partial charge in [-0.15, -0.1) is 0 Å². The maximum absolute atomic E-state index is 10.9. The minimum absolute atomic E-state index is 0.0224. The van der Waals surface area contributed by atoms with Crippen molar-refractivity contribution in [2.75, 3.05) is 26.3 Å². The summed E-state index contributed by atoms with van der Waals surface area (Å²) in [4.78, 5) is 13.2. The minimum atomic E-state index is -1.04. The molecule has 114 valence electrons. The topological polar surface area (TPSA) is 62.9 Å². The van der Waals surface area contributed by atoms with Crippen LogP contribution in [0.2, 0.25) is 0 Å². The van der Waals surface area contributed by atoms with E-state index in [1.54, 1.807) is 6.07 Å². The molecule has 0 aliphatic carbocycles. The number of carbonyl (C=O) groups is 1. The Hall–Kier alpha value is -1.85. The number of aromatic carboxylic acids is 1. The number of furan rings is 1. The van der Waals surface area contributed by atoms with Crippen LogP contribution in [0.15, 0.2) is 28.7 Å². The van der Waals surface area contributed by atoms with E-state index in [1.165, 1.54) is 0 Å². The summed E-state index contributed by atoms with van der Waals surface area (Å²) in [5.74, 6) is -1.06. The number of fused-ring (bicyclic) bond motifs is 1. The van der Waals surface area contributed by atoms with Gasteiger partial charge in [0.05, 0.1) is 6.61 Å². The van der Waals surface area contributed by atoms with Crippen LogP contribution in [0.4, 0.5) is 0 Å². The number of hydrogen-bond donors (Lipinski definition) is 1. The van der Waals surface area contributed by atoms with Crippen molar-refractivity contribution in [3.05, 3.63) is 35.6 Å². The lowest BCUT2D eigenvalue weighted by molar-refractivity contribution is 0.0665. The quantitative estimate of drug-likeness (QED) is 0.757. The molecule has 0 aliphatic heterocycles. The Morgan fingerprint density at radius 2 is 2.14 bits per heavy atom. The van der Waals surface area contributed by atoms with E-state index in [0.29, 0.717) is 5.58 Å². The number of carboxylic acid groups (broad SMARTS) is 1. The Morgan fingerprint density at radius 1 is 1.33 bits per heavy atom. The van der Waals surface area contributed by atoms with Crippen molar-refractivity contribution in [3.63, 3.8) is 0 Å². The van der Waals surface area contributed by atoms with E-state index in [1.807, 2.05) is 25.1 Å². The maximum atomic E-state index is 10.9. The Kier molecular flexibility index (Phi) is 5.36. The molecular weight excluding hydrogens is 270 g/mol. The van der Waals surface area contributed by atoms with Crippen LogP contribution in [0.3, 0.4) is 0 Å². The Bertz CT molecular complexity index is 605. The van der Waals surface area contributed by atoms with Crippen LogP contribution in [-0.2, 0) is 11.3 Å². The lowest BCUT2D eigenvalue weighted by atomic mass is 10.1. The van der Waals surface area contributed by atoms with E-state index in [2.05, 4.69) is 11.8 Å². The van der Waals surface area contributed by atoms with E-state index in [9.17, 15) is 4.79 Å². The standard InChI is InChI=1S/C16H21NO4/c1-3-17(7-8-20-4-2)11-12-5-6-14-13(9-12)10-15(21-14)16(18)19/h5-6,9-10H,3-4,7-8,11H2,1-2H3,(H,18,19). The van der Waals surface area contributed by atoms with Gasteiger partial charge in [0.15, 0.2) is 0 Å². The van der Waals surface area contributed by atoms with Gasteiger partial charge in [0.1, 0.15) is 5.58 Å². The fraction of sp³-hybridized carbons (Fsp3) is 0.438. The molecule has 2 rings (SSSR count). The molecule has 0 amide bonds. The molecule has 21 heavy (non-hydrogen) atoms. The zero-order chi connectivity index (χ0) is 15.2. The third kappa shape index (κ3) is 4.06. The summed E-state index contributed by atoms with van der Waals surface area (Å²) in [5, 5.41) is 9.77. The monoisotopic (exact) mass is 291 g/mol. The molecular formula is C16H21NO4. The van der Waals surface area contributed by atoms with Crippen molar-refractivity contribution in [2.45, 2.75) is 20.4 Å². The Balaban J connectivity index is 2.08. The van der Waals surface area contributed by atoms with Gasteiger partial charge in [-0.2, -0.15) is 0 Å². The van der Waals surface area contributed by atoms with Crippen molar-refractivity contribution in [2.24, 2.45) is 0 Å². The highest BCUT2D eigenvalue weighted by atomic mass is 16.5. The average Bonchev–Trinajstić information content (AvgIpc) is 2.90. The van der Waals surface area contributed by atoms with Gasteiger partial charge < -0.3 is 14.3 Å². The maximum Gasteiger partial charge on any atom is 0.371 e. The number of ether oxygens (including phenoxy) is 1. The molecule has 5 nitrogen and oxygen atoms in total. The van der Waals surface area contributed by atoms with Crippen LogP contribution in [-0.4, -0.2) is 42.3 Å². The summed E-state index contributed by atoms with van der Waals surface area (Å²) < 4.78 is 10.6. The average molecular weight is 291 g/mol. The first-order valence-corrected chi connectivity index (χ1v) is 7.20. The van der Waals surface area contributed by atoms with E-state index in [4.69, 9.17) is 14.3 Å². The Labute approximate surface area is 124 Å². The zero-order valence-electron chi connectivity index (χ0n) is 12.5. The van der Waals surface area contributed by atoms with Gasteiger partial charge in [0.25, 0.3) is 0 Å². The number of benzene rings is 1. The normalized spacial score (nSPS) is 11.4. The first kappa shape index (κ1) is 15.5. The van der Waals surface area contributed by atoms with Crippen LogP contribution in [0.1, 0.15) is 30.0 Å². The van der Waals surface area contributed by atoms with Crippen molar-refractivity contribution < 1.29 is 19.1 Å². The second-order valence-electron chi connectivity index (χ2n) is 4.85. The van der Waals surface area contributed by atoms with Crippen LogP contribution in [0.25, 0.3) is 11.0 Å². The fourth-order valence-corrected chi connectivity index (χ4v) is 2.24. The van der Waals surface area contributed by atoms with Crippen LogP contribution < -0.4 is 0 Å². The zero-order valence-corrected chi connectivity index (χ0v) is 12.5. The molecule has 1 N–H and O–H groups in total. The molecule has 5 heteroatoms. The minimum Gasteiger partial charge on any atom is -0.475 e. The van der Waals surface area contributed by atoms with Crippen molar-refractivity contribution in [1.82, 2.24) is 4.90 Å². The predicted molar refractivity (Wildman–Crippen MR) is 80.6 cm³/mol. The van der Waals surface area contributed by atoms with Gasteiger partial charge in [0.2, 0.25) is 5.76 Å². The summed E-state index contributed by atoms with van der Waals surface area (Å²) in [7, 11) is 0. The van der Waals surface area contributed by atoms with Crippen LogP contribution >= 0.6 is 0 Å². The van der Waals surface area contributed by atoms with Gasteiger partial charge in [-0.05, 0) is 37.2 Å². The van der Waals surface area contributed by atoms with Gasteiger partial charge >= 0.3 is 5.97 Å². The summed E-state index contributed by atoms with van der Waals surface area (Å²) in [6.45, 7) is 8.20. The summed E-state index contributed by atoms with van der Waals surface area (Å²) >= 11 is 0. The SMILES string of the molecule is CCOCCN(CC)Cc1ccc2oc(C(=O)O)cc2c1. The second-order valence-corrected chi connectivity index (χ2v) is 4.85. The van der Waals surface area contributed by atoms with Crippen LogP contribution in [0, 0.1) is 0 Å². The van der Waals surface area contributed by atoms with Gasteiger partial charge in [-0.25, -0.2) is 4.79 Å². The predicted octanol–water partition coefficient (Wildman–Crippen LogP) is 2.99. The molecule has 1 heterocycles. The van der Waals surface area contributed by atoms with Gasteiger partial charge in [-0.1, -0.05) is 13.0 Å². The van der Waals surface area contributed by atoms with E-state index in [-0.39, 0.29) is 5.76 Å². The molecule has 0 aliphatic rings. The highest BCUT2D eigenvalue weighted by Gasteiger charge is 2.11. The molecule has 0 unspecified atom stereocenters. The molecule has 2 aromatic rings. The molecule has 0 radical (unpaired) electrons. The summed E-state index contributed by atoms with van der Waals surface area (Å²) in [5.41, 5.74) is 1.74. The third-order valence-corrected chi connectivity index (χ3v) is 3.40. The number of carboxylic acids is 1. The smallest absolute Gasteiger partial charge is 0.371 e. The molecule has 0 atom stereocenters. The van der Waals surface area contributed by atoms with Gasteiger partial charge in [0, 0.05) is 25.1 Å². The molecule has 0 saturated heterocycles. The van der Waals surface area contributed by atoms with Crippen molar-refractivity contribution in [3.8, 4) is 0 Å². The second kappa shape index (κ2) is 7.24. The molecule has 1 aromatic carbocycles. The van der Waals surface area contributed by atoms with E-state index >= 15 is 0 Å². The molecule has 0 fully saturated rings. The summed E-state index contributed by atoms with van der Waals surface area (Å²) in [6, 6.07) is 7.35. The highest BCUT2D eigenvalue weighted by molar-refractivity contribution is 5.91. The van der Waals surface area contributed by atoms with Crippen molar-refractivity contribution in [1.29, 1.82) is 0 Å². The molecule has 0 spiro atoms. The first-order valence-electron chi connectivity index (χ1n) is 7.20. The third-order valence-electron chi connectivity index (χ3n) is 3.40. The Morgan fingerprint density at radius 3 is 2.81 bits per heavy atom. The lowest BCUT2D eigenvalue weighted by Crippen LogP contribution is -2.27. The van der Waals surface area contributed by atoms with E-state index in [0.717, 1.165) is 43.8 Å². The number of hydrogen-bond acceptors (Lipinski definition) is 4. The fourth-order valence-electron chi connectivity index (χ4n) is 2.24. The first-order chi connectivity index (χ1) is 10.1. The number of likely N-dealkylation sites (N-methyl/N-ethyl adjacent to an activating group) is 1. The number of rotatable bonds is 8. The molecule has 0 saturated carbocycles. The summed E-state index contributed by atoms with van der Waals surface area (Å²) in [6.07, 6.45) is 0. The van der Waals surface area contributed by atoms with Crippen molar-refractivity contribution >= 4 is 16.9 Å². The number of nitrogens with zero attached hydrogens (tertiary/aromatic N) is 1. The molecule has 0 bridgehead atoms. The van der Waals surface area contributed by atoms with Gasteiger partial charge in [-0.3, -0.25) is 4.90 Å². The lowest BCUT2D eigenvalue weighted by Gasteiger charge is -2.20. The molecule has 1 aromatic heterocycles. The largest absolute Gasteiger partial charge is 0.475 e.